The van der Waals surface area contributed by atoms with Gasteiger partial charge in [0.05, 0.1) is 29.0 Å². The number of aromatic nitrogens is 4. The van der Waals surface area contributed by atoms with Crippen molar-refractivity contribution in [3.63, 3.8) is 0 Å². The highest BCUT2D eigenvalue weighted by Crippen LogP contribution is 2.24. The zero-order chi connectivity index (χ0) is 13.4. The number of nitrogens with one attached hydrogen (secondary N) is 1. The number of hydrogen-bond acceptors (Lipinski definition) is 5. The number of H-pyrrole nitrogens is 1. The van der Waals surface area contributed by atoms with Crippen LogP contribution in [0.3, 0.4) is 0 Å². The third-order valence-corrected chi connectivity index (χ3v) is 3.00. The molecule has 6 nitrogen and oxygen atoms in total. The minimum absolute atomic E-state index is 0.232. The van der Waals surface area contributed by atoms with Crippen LogP contribution in [0.15, 0.2) is 24.5 Å². The molecule has 0 amide bonds. The summed E-state index contributed by atoms with van der Waals surface area (Å²) < 4.78 is 0. The van der Waals surface area contributed by atoms with Crippen molar-refractivity contribution in [2.45, 2.75) is 13.5 Å². The van der Waals surface area contributed by atoms with Gasteiger partial charge in [-0.25, -0.2) is 9.97 Å². The molecule has 0 spiro atoms. The summed E-state index contributed by atoms with van der Waals surface area (Å²) in [5.74, 6) is 0.262. The molecule has 0 fully saturated rings. The van der Waals surface area contributed by atoms with Crippen LogP contribution >= 0.6 is 0 Å². The Balaban J connectivity index is 2.19. The van der Waals surface area contributed by atoms with Gasteiger partial charge in [-0.1, -0.05) is 0 Å². The Morgan fingerprint density at radius 1 is 1.37 bits per heavy atom. The van der Waals surface area contributed by atoms with Crippen molar-refractivity contribution in [3.05, 3.63) is 35.9 Å². The number of nitrogen functional groups attached to an aromatic ring is 1. The Hall–Kier alpha value is -2.47. The predicted molar refractivity (Wildman–Crippen MR) is 72.2 cm³/mol. The first-order chi connectivity index (χ1) is 9.19. The SMILES string of the molecule is Cc1nc(N)c(CO)nc1-c1cnc2cc[nH]c2c1. The van der Waals surface area contributed by atoms with Gasteiger partial charge in [-0.2, -0.15) is 0 Å². The molecule has 6 heteroatoms. The number of aliphatic hydroxyl groups is 1. The molecule has 3 heterocycles. The molecule has 0 saturated heterocycles. The first-order valence-corrected chi connectivity index (χ1v) is 5.86. The maximum atomic E-state index is 9.22. The lowest BCUT2D eigenvalue weighted by Gasteiger charge is -2.08. The number of nitrogens with zero attached hydrogens (tertiary/aromatic N) is 3. The van der Waals surface area contributed by atoms with Crippen molar-refractivity contribution < 1.29 is 5.11 Å². The molecular weight excluding hydrogens is 242 g/mol. The molecule has 0 atom stereocenters. The smallest absolute Gasteiger partial charge is 0.147 e. The van der Waals surface area contributed by atoms with E-state index in [0.717, 1.165) is 16.6 Å². The van der Waals surface area contributed by atoms with Crippen LogP contribution in [0.25, 0.3) is 22.3 Å². The van der Waals surface area contributed by atoms with Crippen LogP contribution in [0.2, 0.25) is 0 Å². The van der Waals surface area contributed by atoms with E-state index >= 15 is 0 Å². The lowest BCUT2D eigenvalue weighted by atomic mass is 10.1. The summed E-state index contributed by atoms with van der Waals surface area (Å²) in [6.07, 6.45) is 3.58. The fourth-order valence-electron chi connectivity index (χ4n) is 2.02. The first-order valence-electron chi connectivity index (χ1n) is 5.86. The van der Waals surface area contributed by atoms with Crippen LogP contribution in [0.5, 0.6) is 0 Å². The molecule has 0 unspecified atom stereocenters. The Bertz CT molecular complexity index is 750. The van der Waals surface area contributed by atoms with Crippen LogP contribution in [0.1, 0.15) is 11.4 Å². The summed E-state index contributed by atoms with van der Waals surface area (Å²) in [4.78, 5) is 16.0. The zero-order valence-electron chi connectivity index (χ0n) is 10.4. The highest BCUT2D eigenvalue weighted by atomic mass is 16.3. The summed E-state index contributed by atoms with van der Waals surface area (Å²) in [5, 5.41) is 9.22. The summed E-state index contributed by atoms with van der Waals surface area (Å²) in [6, 6.07) is 3.86. The largest absolute Gasteiger partial charge is 0.390 e. The summed E-state index contributed by atoms with van der Waals surface area (Å²) in [6.45, 7) is 1.60. The van der Waals surface area contributed by atoms with E-state index < -0.39 is 0 Å². The predicted octanol–water partition coefficient (Wildman–Crippen LogP) is 1.40. The fraction of sp³-hybridized carbons (Fsp3) is 0.154. The molecule has 4 N–H and O–H groups in total. The molecule has 3 aromatic rings. The second-order valence-corrected chi connectivity index (χ2v) is 4.28. The van der Waals surface area contributed by atoms with E-state index in [2.05, 4.69) is 19.9 Å². The Morgan fingerprint density at radius 3 is 3.00 bits per heavy atom. The van der Waals surface area contributed by atoms with E-state index in [0.29, 0.717) is 17.1 Å². The van der Waals surface area contributed by atoms with Crippen molar-refractivity contribution in [1.29, 1.82) is 0 Å². The van der Waals surface area contributed by atoms with Gasteiger partial charge in [-0.3, -0.25) is 4.98 Å². The van der Waals surface area contributed by atoms with E-state index in [1.165, 1.54) is 0 Å². The molecule has 0 aliphatic rings. The Kier molecular flexibility index (Phi) is 2.64. The lowest BCUT2D eigenvalue weighted by Crippen LogP contribution is -2.05. The molecule has 96 valence electrons. The van der Waals surface area contributed by atoms with Gasteiger partial charge in [0.25, 0.3) is 0 Å². The number of rotatable bonds is 2. The van der Waals surface area contributed by atoms with Gasteiger partial charge in [0.1, 0.15) is 11.5 Å². The zero-order valence-corrected chi connectivity index (χ0v) is 10.4. The number of anilines is 1. The van der Waals surface area contributed by atoms with Crippen molar-refractivity contribution >= 4 is 16.9 Å². The van der Waals surface area contributed by atoms with E-state index in [-0.39, 0.29) is 12.4 Å². The molecule has 3 rings (SSSR count). The summed E-state index contributed by atoms with van der Waals surface area (Å²) in [7, 11) is 0. The number of hydrogen-bond donors (Lipinski definition) is 3. The molecule has 0 saturated carbocycles. The maximum absolute atomic E-state index is 9.22. The molecule has 0 radical (unpaired) electrons. The van der Waals surface area contributed by atoms with E-state index in [1.54, 1.807) is 6.20 Å². The van der Waals surface area contributed by atoms with Crippen molar-refractivity contribution in [2.24, 2.45) is 0 Å². The van der Waals surface area contributed by atoms with Gasteiger partial charge in [0, 0.05) is 18.0 Å². The molecule has 0 aliphatic heterocycles. The third-order valence-electron chi connectivity index (χ3n) is 3.00. The van der Waals surface area contributed by atoms with Gasteiger partial charge >= 0.3 is 0 Å². The molecule has 0 bridgehead atoms. The molecule has 19 heavy (non-hydrogen) atoms. The normalized spacial score (nSPS) is 11.1. The average Bonchev–Trinajstić information content (AvgIpc) is 2.86. The summed E-state index contributed by atoms with van der Waals surface area (Å²) >= 11 is 0. The second-order valence-electron chi connectivity index (χ2n) is 4.28. The van der Waals surface area contributed by atoms with Crippen molar-refractivity contribution in [3.8, 4) is 11.3 Å². The quantitative estimate of drug-likeness (QED) is 0.642. The Labute approximate surface area is 109 Å². The number of aromatic amines is 1. The fourth-order valence-corrected chi connectivity index (χ4v) is 2.02. The minimum Gasteiger partial charge on any atom is -0.390 e. The monoisotopic (exact) mass is 255 g/mol. The topological polar surface area (TPSA) is 101 Å². The van der Waals surface area contributed by atoms with Gasteiger partial charge in [-0.15, -0.1) is 0 Å². The van der Waals surface area contributed by atoms with Gasteiger partial charge in [0.15, 0.2) is 0 Å². The van der Waals surface area contributed by atoms with Gasteiger partial charge in [0.2, 0.25) is 0 Å². The van der Waals surface area contributed by atoms with Crippen LogP contribution in [-0.2, 0) is 6.61 Å². The van der Waals surface area contributed by atoms with Crippen LogP contribution in [-0.4, -0.2) is 25.0 Å². The lowest BCUT2D eigenvalue weighted by molar-refractivity contribution is 0.277. The number of nitrogens with two attached hydrogens (primary N) is 1. The molecule has 3 aromatic heterocycles. The third kappa shape index (κ3) is 1.92. The first kappa shape index (κ1) is 11.6. The highest BCUT2D eigenvalue weighted by Gasteiger charge is 2.11. The number of pyridine rings is 1. The number of aliphatic hydroxyl groups excluding tert-OH is 1. The van der Waals surface area contributed by atoms with E-state index in [9.17, 15) is 5.11 Å². The van der Waals surface area contributed by atoms with Crippen LogP contribution < -0.4 is 5.73 Å². The Morgan fingerprint density at radius 2 is 2.21 bits per heavy atom. The number of fused-ring (bicyclic) bond motifs is 1. The standard InChI is InChI=1S/C13H13N5O/c1-7-12(18-11(6-19)13(14)17-7)8-4-10-9(16-5-8)2-3-15-10/h2-5,15,19H,6H2,1H3,(H2,14,17). The van der Waals surface area contributed by atoms with Crippen LogP contribution in [0, 0.1) is 6.92 Å². The molecular formula is C13H13N5O. The molecule has 0 aliphatic carbocycles. The summed E-state index contributed by atoms with van der Waals surface area (Å²) in [5.41, 5.74) is 10.1. The average molecular weight is 255 g/mol. The van der Waals surface area contributed by atoms with Crippen molar-refractivity contribution in [1.82, 2.24) is 19.9 Å². The van der Waals surface area contributed by atoms with E-state index in [1.807, 2.05) is 25.3 Å². The van der Waals surface area contributed by atoms with Gasteiger partial charge < -0.3 is 15.8 Å². The van der Waals surface area contributed by atoms with Crippen molar-refractivity contribution in [2.75, 3.05) is 5.73 Å². The second kappa shape index (κ2) is 4.33. The molecule has 0 aromatic carbocycles. The van der Waals surface area contributed by atoms with E-state index in [4.69, 9.17) is 5.73 Å². The minimum atomic E-state index is -0.232. The van der Waals surface area contributed by atoms with Crippen LogP contribution in [0.4, 0.5) is 5.82 Å². The number of aryl methyl sites for hydroxylation is 1. The highest BCUT2D eigenvalue weighted by molar-refractivity contribution is 5.80. The maximum Gasteiger partial charge on any atom is 0.147 e. The van der Waals surface area contributed by atoms with Gasteiger partial charge in [-0.05, 0) is 19.1 Å².